The highest BCUT2D eigenvalue weighted by Crippen LogP contribution is 2.20. The molecule has 0 saturated heterocycles. The average Bonchev–Trinajstić information content (AvgIpc) is 2.39. The van der Waals surface area contributed by atoms with E-state index in [1.54, 1.807) is 11.0 Å². The minimum absolute atomic E-state index is 0.490. The second kappa shape index (κ2) is 3.48. The van der Waals surface area contributed by atoms with Crippen molar-refractivity contribution in [3.8, 4) is 0 Å². The van der Waals surface area contributed by atoms with E-state index in [-0.39, 0.29) is 0 Å². The predicted octanol–water partition coefficient (Wildman–Crippen LogP) is 0.812. The Kier molecular flexibility index (Phi) is 2.83. The van der Waals surface area contributed by atoms with E-state index in [0.29, 0.717) is 13.0 Å². The molecule has 0 aliphatic carbocycles. The number of hydrogen-bond acceptors (Lipinski definition) is 3. The first-order valence-corrected chi connectivity index (χ1v) is 4.45. The standard InChI is InChI=1S/C6H10IN3O/c1-2-6(7,11)3-10-5-8-4-9-10/h4-5,11H,2-3H2,1H3. The SMILES string of the molecule is CCC(O)(I)Cn1cncn1. The van der Waals surface area contributed by atoms with Crippen LogP contribution in [0.15, 0.2) is 12.7 Å². The molecule has 1 atom stereocenters. The van der Waals surface area contributed by atoms with Crippen LogP contribution >= 0.6 is 22.6 Å². The lowest BCUT2D eigenvalue weighted by Crippen LogP contribution is -2.25. The van der Waals surface area contributed by atoms with Gasteiger partial charge in [-0.2, -0.15) is 5.10 Å². The molecule has 0 radical (unpaired) electrons. The molecule has 0 fully saturated rings. The number of alkyl halides is 1. The van der Waals surface area contributed by atoms with Gasteiger partial charge in [-0.05, 0) is 29.0 Å². The van der Waals surface area contributed by atoms with E-state index < -0.39 is 3.61 Å². The molecular weight excluding hydrogens is 257 g/mol. The fourth-order valence-corrected chi connectivity index (χ4v) is 1.02. The first kappa shape index (κ1) is 8.92. The molecule has 1 N–H and O–H groups in total. The fourth-order valence-electron chi connectivity index (χ4n) is 0.674. The van der Waals surface area contributed by atoms with Gasteiger partial charge in [0.05, 0.1) is 6.54 Å². The molecule has 0 aliphatic rings. The third-order valence-electron chi connectivity index (χ3n) is 1.41. The Labute approximate surface area is 78.8 Å². The summed E-state index contributed by atoms with van der Waals surface area (Å²) >= 11 is 2.01. The summed E-state index contributed by atoms with van der Waals surface area (Å²) in [4.78, 5) is 3.78. The van der Waals surface area contributed by atoms with Crippen LogP contribution in [0.3, 0.4) is 0 Å². The van der Waals surface area contributed by atoms with Crippen molar-refractivity contribution in [3.63, 3.8) is 0 Å². The van der Waals surface area contributed by atoms with Gasteiger partial charge in [-0.1, -0.05) is 6.92 Å². The third kappa shape index (κ3) is 2.74. The summed E-state index contributed by atoms with van der Waals surface area (Å²) in [6.45, 7) is 2.42. The first-order valence-electron chi connectivity index (χ1n) is 3.38. The van der Waals surface area contributed by atoms with Gasteiger partial charge in [-0.25, -0.2) is 9.67 Å². The van der Waals surface area contributed by atoms with Crippen molar-refractivity contribution >= 4 is 22.6 Å². The number of aliphatic hydroxyl groups is 1. The van der Waals surface area contributed by atoms with Crippen molar-refractivity contribution in [1.82, 2.24) is 14.8 Å². The van der Waals surface area contributed by atoms with Crippen LogP contribution in [-0.4, -0.2) is 23.5 Å². The molecule has 11 heavy (non-hydrogen) atoms. The van der Waals surface area contributed by atoms with Crippen LogP contribution in [0.4, 0.5) is 0 Å². The quantitative estimate of drug-likeness (QED) is 0.651. The molecule has 0 spiro atoms. The van der Waals surface area contributed by atoms with Crippen LogP contribution < -0.4 is 0 Å². The van der Waals surface area contributed by atoms with Crippen molar-refractivity contribution in [3.05, 3.63) is 12.7 Å². The number of hydrogen-bond donors (Lipinski definition) is 1. The molecule has 62 valence electrons. The van der Waals surface area contributed by atoms with Gasteiger partial charge in [-0.15, -0.1) is 0 Å². The van der Waals surface area contributed by atoms with E-state index in [1.807, 2.05) is 29.5 Å². The third-order valence-corrected chi connectivity index (χ3v) is 2.52. The summed E-state index contributed by atoms with van der Waals surface area (Å²) in [6, 6.07) is 0. The normalized spacial score (nSPS) is 16.3. The molecule has 5 heteroatoms. The summed E-state index contributed by atoms with van der Waals surface area (Å²) in [5, 5.41) is 13.5. The van der Waals surface area contributed by atoms with Crippen molar-refractivity contribution in [1.29, 1.82) is 0 Å². The van der Waals surface area contributed by atoms with Crippen LogP contribution in [0.1, 0.15) is 13.3 Å². The molecule has 1 aromatic rings. The van der Waals surface area contributed by atoms with Crippen molar-refractivity contribution in [2.24, 2.45) is 0 Å². The van der Waals surface area contributed by atoms with E-state index in [4.69, 9.17) is 0 Å². The van der Waals surface area contributed by atoms with Crippen LogP contribution in [0.2, 0.25) is 0 Å². The number of rotatable bonds is 3. The van der Waals surface area contributed by atoms with Gasteiger partial charge >= 0.3 is 0 Å². The van der Waals surface area contributed by atoms with Gasteiger partial charge in [-0.3, -0.25) is 0 Å². The van der Waals surface area contributed by atoms with Gasteiger partial charge in [0.25, 0.3) is 0 Å². The summed E-state index contributed by atoms with van der Waals surface area (Å²) in [6.07, 6.45) is 3.76. The monoisotopic (exact) mass is 267 g/mol. The largest absolute Gasteiger partial charge is 0.378 e. The second-order valence-corrected chi connectivity index (χ2v) is 4.37. The Hall–Kier alpha value is -0.170. The van der Waals surface area contributed by atoms with E-state index in [2.05, 4.69) is 10.1 Å². The van der Waals surface area contributed by atoms with Gasteiger partial charge < -0.3 is 5.11 Å². The lowest BCUT2D eigenvalue weighted by atomic mass is 10.3. The Morgan fingerprint density at radius 3 is 2.91 bits per heavy atom. The molecule has 1 heterocycles. The lowest BCUT2D eigenvalue weighted by molar-refractivity contribution is 0.127. The molecule has 0 aromatic carbocycles. The van der Waals surface area contributed by atoms with Gasteiger partial charge in [0.1, 0.15) is 16.3 Å². The Bertz CT molecular complexity index is 210. The van der Waals surface area contributed by atoms with Gasteiger partial charge in [0.15, 0.2) is 0 Å². The molecule has 1 aromatic heterocycles. The highest BCUT2D eigenvalue weighted by Gasteiger charge is 2.20. The highest BCUT2D eigenvalue weighted by atomic mass is 127. The molecule has 0 bridgehead atoms. The zero-order valence-electron chi connectivity index (χ0n) is 6.24. The molecule has 0 amide bonds. The van der Waals surface area contributed by atoms with Gasteiger partial charge in [0, 0.05) is 0 Å². The van der Waals surface area contributed by atoms with Crippen LogP contribution in [0.5, 0.6) is 0 Å². The lowest BCUT2D eigenvalue weighted by Gasteiger charge is -2.17. The number of halogens is 1. The zero-order chi connectivity index (χ0) is 8.32. The van der Waals surface area contributed by atoms with Crippen LogP contribution in [-0.2, 0) is 6.54 Å². The molecular formula is C6H10IN3O. The second-order valence-electron chi connectivity index (χ2n) is 2.36. The van der Waals surface area contributed by atoms with Crippen molar-refractivity contribution in [2.75, 3.05) is 0 Å². The maximum atomic E-state index is 9.59. The Balaban J connectivity index is 2.56. The molecule has 4 nitrogen and oxygen atoms in total. The van der Waals surface area contributed by atoms with E-state index in [9.17, 15) is 5.11 Å². The predicted molar refractivity (Wildman–Crippen MR) is 49.3 cm³/mol. The summed E-state index contributed by atoms with van der Waals surface area (Å²) in [5.74, 6) is 0. The molecule has 0 aliphatic heterocycles. The Morgan fingerprint density at radius 2 is 2.45 bits per heavy atom. The van der Waals surface area contributed by atoms with Crippen molar-refractivity contribution in [2.45, 2.75) is 23.5 Å². The fraction of sp³-hybridized carbons (Fsp3) is 0.667. The molecule has 1 unspecified atom stereocenters. The van der Waals surface area contributed by atoms with Gasteiger partial charge in [0.2, 0.25) is 0 Å². The topological polar surface area (TPSA) is 50.9 Å². The average molecular weight is 267 g/mol. The van der Waals surface area contributed by atoms with Crippen LogP contribution in [0.25, 0.3) is 0 Å². The van der Waals surface area contributed by atoms with E-state index in [0.717, 1.165) is 0 Å². The molecule has 0 saturated carbocycles. The van der Waals surface area contributed by atoms with E-state index in [1.165, 1.54) is 6.33 Å². The summed E-state index contributed by atoms with van der Waals surface area (Å²) in [5.41, 5.74) is 0. The van der Waals surface area contributed by atoms with E-state index >= 15 is 0 Å². The summed E-state index contributed by atoms with van der Waals surface area (Å²) < 4.78 is 0.918. The highest BCUT2D eigenvalue weighted by molar-refractivity contribution is 14.1. The number of nitrogens with zero attached hydrogens (tertiary/aromatic N) is 3. The first-order chi connectivity index (χ1) is 5.14. The van der Waals surface area contributed by atoms with Crippen molar-refractivity contribution < 1.29 is 5.11 Å². The molecule has 1 rings (SSSR count). The smallest absolute Gasteiger partial charge is 0.137 e. The minimum Gasteiger partial charge on any atom is -0.378 e. The van der Waals surface area contributed by atoms with Crippen LogP contribution in [0, 0.1) is 0 Å². The summed E-state index contributed by atoms with van der Waals surface area (Å²) in [7, 11) is 0. The maximum absolute atomic E-state index is 9.59. The zero-order valence-corrected chi connectivity index (χ0v) is 8.39. The number of aromatic nitrogens is 3. The maximum Gasteiger partial charge on any atom is 0.137 e. The minimum atomic E-state index is -0.703. The Morgan fingerprint density at radius 1 is 1.73 bits per heavy atom.